The van der Waals surface area contributed by atoms with Crippen molar-refractivity contribution >= 4 is 0 Å². The Morgan fingerprint density at radius 3 is 2.17 bits per heavy atom. The molecule has 0 N–H and O–H groups in total. The summed E-state index contributed by atoms with van der Waals surface area (Å²) < 4.78 is 37.6. The first-order valence-electron chi connectivity index (χ1n) is 5.19. The minimum absolute atomic E-state index is 0.0241. The van der Waals surface area contributed by atoms with Gasteiger partial charge in [-0.05, 0) is 23.3 Å². The highest BCUT2D eigenvalue weighted by atomic mass is 19.4. The van der Waals surface area contributed by atoms with Crippen LogP contribution in [0, 0.1) is 11.3 Å². The zero-order valence-electron chi connectivity index (χ0n) is 9.20. The average molecular weight is 247 g/mol. The van der Waals surface area contributed by atoms with Gasteiger partial charge in [0.15, 0.2) is 0 Å². The molecule has 18 heavy (non-hydrogen) atoms. The summed E-state index contributed by atoms with van der Waals surface area (Å²) in [6.45, 7) is 0. The predicted octanol–water partition coefficient (Wildman–Crippen LogP) is 4.24. The molecule has 0 atom stereocenters. The molecule has 90 valence electrons. The molecule has 0 saturated carbocycles. The normalized spacial score (nSPS) is 11.0. The number of rotatable bonds is 1. The Labute approximate surface area is 102 Å². The molecule has 2 aromatic carbocycles. The number of alkyl halides is 3. The largest absolute Gasteiger partial charge is 0.416 e. The summed E-state index contributed by atoms with van der Waals surface area (Å²) in [6, 6.07) is 13.9. The third-order valence-corrected chi connectivity index (χ3v) is 2.55. The highest BCUT2D eigenvalue weighted by Crippen LogP contribution is 2.33. The quantitative estimate of drug-likeness (QED) is 0.739. The van der Waals surface area contributed by atoms with Crippen LogP contribution in [0.15, 0.2) is 48.5 Å². The molecule has 2 aromatic rings. The average Bonchev–Trinajstić information content (AvgIpc) is 2.38. The summed E-state index contributed by atoms with van der Waals surface area (Å²) >= 11 is 0. The smallest absolute Gasteiger partial charge is 0.192 e. The summed E-state index contributed by atoms with van der Waals surface area (Å²) in [4.78, 5) is 0. The van der Waals surface area contributed by atoms with Gasteiger partial charge in [-0.1, -0.05) is 36.4 Å². The zero-order valence-corrected chi connectivity index (χ0v) is 9.20. The van der Waals surface area contributed by atoms with E-state index in [0.29, 0.717) is 5.56 Å². The molecular weight excluding hydrogens is 239 g/mol. The van der Waals surface area contributed by atoms with Crippen LogP contribution in [0.25, 0.3) is 11.1 Å². The number of hydrogen-bond donors (Lipinski definition) is 0. The zero-order chi connectivity index (χ0) is 13.2. The Kier molecular flexibility index (Phi) is 3.07. The van der Waals surface area contributed by atoms with E-state index >= 15 is 0 Å². The summed E-state index contributed by atoms with van der Waals surface area (Å²) in [5, 5.41) is 8.95. The van der Waals surface area contributed by atoms with Crippen LogP contribution in [0.4, 0.5) is 13.2 Å². The minimum Gasteiger partial charge on any atom is -0.192 e. The van der Waals surface area contributed by atoms with Gasteiger partial charge in [0.1, 0.15) is 0 Å². The van der Waals surface area contributed by atoms with Crippen molar-refractivity contribution in [3.8, 4) is 17.2 Å². The fourth-order valence-electron chi connectivity index (χ4n) is 1.68. The molecule has 0 aliphatic carbocycles. The highest BCUT2D eigenvalue weighted by Gasteiger charge is 2.31. The molecule has 0 aromatic heterocycles. The highest BCUT2D eigenvalue weighted by molar-refractivity contribution is 5.70. The Morgan fingerprint density at radius 1 is 0.944 bits per heavy atom. The van der Waals surface area contributed by atoms with Gasteiger partial charge in [-0.25, -0.2) is 0 Å². The summed E-state index contributed by atoms with van der Waals surface area (Å²) in [5.74, 6) is 0. The van der Waals surface area contributed by atoms with Gasteiger partial charge in [-0.15, -0.1) is 0 Å². The number of nitrogens with zero attached hydrogens (tertiary/aromatic N) is 1. The molecule has 2 rings (SSSR count). The van der Waals surface area contributed by atoms with E-state index in [9.17, 15) is 13.2 Å². The molecule has 0 spiro atoms. The van der Waals surface area contributed by atoms with Crippen LogP contribution in [-0.2, 0) is 6.18 Å². The Morgan fingerprint density at radius 2 is 1.61 bits per heavy atom. The van der Waals surface area contributed by atoms with Crippen LogP contribution in [0.1, 0.15) is 11.1 Å². The maximum absolute atomic E-state index is 12.5. The van der Waals surface area contributed by atoms with Gasteiger partial charge in [-0.3, -0.25) is 0 Å². The van der Waals surface area contributed by atoms with Gasteiger partial charge in [0.05, 0.1) is 17.2 Å². The molecule has 0 amide bonds. The van der Waals surface area contributed by atoms with E-state index in [1.165, 1.54) is 6.07 Å². The summed E-state index contributed by atoms with van der Waals surface area (Å²) in [6.07, 6.45) is -4.43. The van der Waals surface area contributed by atoms with Crippen molar-refractivity contribution in [3.63, 3.8) is 0 Å². The molecule has 1 nitrogen and oxygen atoms in total. The number of nitriles is 1. The van der Waals surface area contributed by atoms with E-state index in [2.05, 4.69) is 0 Å². The van der Waals surface area contributed by atoms with Gasteiger partial charge >= 0.3 is 6.18 Å². The van der Waals surface area contributed by atoms with Crippen LogP contribution in [0.3, 0.4) is 0 Å². The number of halogens is 3. The van der Waals surface area contributed by atoms with Gasteiger partial charge in [0.2, 0.25) is 0 Å². The molecule has 0 aliphatic heterocycles. The van der Waals surface area contributed by atoms with Gasteiger partial charge in [0.25, 0.3) is 0 Å². The number of hydrogen-bond acceptors (Lipinski definition) is 1. The van der Waals surface area contributed by atoms with Crippen LogP contribution in [0.2, 0.25) is 0 Å². The number of benzene rings is 2. The van der Waals surface area contributed by atoms with Crippen molar-refractivity contribution in [2.45, 2.75) is 6.18 Å². The molecule has 0 fully saturated rings. The second-order valence-corrected chi connectivity index (χ2v) is 3.74. The maximum Gasteiger partial charge on any atom is 0.416 e. The van der Waals surface area contributed by atoms with Crippen molar-refractivity contribution < 1.29 is 13.2 Å². The molecule has 0 radical (unpaired) electrons. The van der Waals surface area contributed by atoms with Gasteiger partial charge < -0.3 is 0 Å². The molecule has 0 heterocycles. The Hall–Kier alpha value is -2.28. The molecule has 0 saturated heterocycles. The van der Waals surface area contributed by atoms with Gasteiger partial charge in [-0.2, -0.15) is 18.4 Å². The van der Waals surface area contributed by atoms with Crippen molar-refractivity contribution in [1.82, 2.24) is 0 Å². The fraction of sp³-hybridized carbons (Fsp3) is 0.0714. The van der Waals surface area contributed by atoms with E-state index in [4.69, 9.17) is 5.26 Å². The lowest BCUT2D eigenvalue weighted by Crippen LogP contribution is -2.05. The van der Waals surface area contributed by atoms with Crippen LogP contribution < -0.4 is 0 Å². The van der Waals surface area contributed by atoms with Crippen molar-refractivity contribution in [1.29, 1.82) is 5.26 Å². The van der Waals surface area contributed by atoms with Crippen molar-refractivity contribution in [2.24, 2.45) is 0 Å². The van der Waals surface area contributed by atoms with Crippen molar-refractivity contribution in [3.05, 3.63) is 59.7 Å². The third-order valence-electron chi connectivity index (χ3n) is 2.55. The molecule has 0 bridgehead atoms. The van der Waals surface area contributed by atoms with Crippen LogP contribution >= 0.6 is 0 Å². The SMILES string of the molecule is N#Cc1cc(C(F)(F)F)ccc1-c1ccccc1. The molecule has 0 unspecified atom stereocenters. The molecule has 0 aliphatic rings. The standard InChI is InChI=1S/C14H8F3N/c15-14(16,17)12-6-7-13(11(8-12)9-18)10-4-2-1-3-5-10/h1-8H. The first-order valence-corrected chi connectivity index (χ1v) is 5.19. The fourth-order valence-corrected chi connectivity index (χ4v) is 1.68. The first-order chi connectivity index (χ1) is 8.52. The minimum atomic E-state index is -4.43. The first kappa shape index (κ1) is 12.2. The van der Waals surface area contributed by atoms with Crippen LogP contribution in [-0.4, -0.2) is 0 Å². The third kappa shape index (κ3) is 2.35. The van der Waals surface area contributed by atoms with Crippen molar-refractivity contribution in [2.75, 3.05) is 0 Å². The Bertz CT molecular complexity index is 595. The Balaban J connectivity index is 2.56. The van der Waals surface area contributed by atoms with Gasteiger partial charge in [0, 0.05) is 0 Å². The lowest BCUT2D eigenvalue weighted by Gasteiger charge is -2.09. The van der Waals surface area contributed by atoms with E-state index in [-0.39, 0.29) is 5.56 Å². The maximum atomic E-state index is 12.5. The second-order valence-electron chi connectivity index (χ2n) is 3.74. The topological polar surface area (TPSA) is 23.8 Å². The van der Waals surface area contributed by atoms with E-state index in [1.54, 1.807) is 36.4 Å². The van der Waals surface area contributed by atoms with E-state index in [0.717, 1.165) is 17.7 Å². The molecular formula is C14H8F3N. The lowest BCUT2D eigenvalue weighted by atomic mass is 9.98. The monoisotopic (exact) mass is 247 g/mol. The van der Waals surface area contributed by atoms with E-state index < -0.39 is 11.7 Å². The summed E-state index contributed by atoms with van der Waals surface area (Å²) in [5.41, 5.74) is 0.448. The van der Waals surface area contributed by atoms with Crippen LogP contribution in [0.5, 0.6) is 0 Å². The second kappa shape index (κ2) is 4.53. The molecule has 4 heteroatoms. The summed E-state index contributed by atoms with van der Waals surface area (Å²) in [7, 11) is 0. The predicted molar refractivity (Wildman–Crippen MR) is 61.6 cm³/mol. The van der Waals surface area contributed by atoms with E-state index in [1.807, 2.05) is 0 Å². The lowest BCUT2D eigenvalue weighted by molar-refractivity contribution is -0.137.